The van der Waals surface area contributed by atoms with Crippen LogP contribution in [0.2, 0.25) is 0 Å². The monoisotopic (exact) mass is 185 g/mol. The highest BCUT2D eigenvalue weighted by Gasteiger charge is 2.26. The Morgan fingerprint density at radius 2 is 2.00 bits per heavy atom. The number of hydrogen-bond donors (Lipinski definition) is 2. The fraction of sp³-hybridized carbons (Fsp3) is 1.00. The maximum atomic E-state index is 9.13. The van der Waals surface area contributed by atoms with Crippen LogP contribution in [0.5, 0.6) is 0 Å². The predicted octanol–water partition coefficient (Wildman–Crippen LogP) is 1.78. The Hall–Kier alpha value is -0.0800. The summed E-state index contributed by atoms with van der Waals surface area (Å²) < 4.78 is 0. The zero-order valence-corrected chi connectivity index (χ0v) is 9.14. The minimum Gasteiger partial charge on any atom is -0.396 e. The molecule has 0 aromatic heterocycles. The second kappa shape index (κ2) is 4.43. The highest BCUT2D eigenvalue weighted by molar-refractivity contribution is 4.83. The quantitative estimate of drug-likeness (QED) is 0.702. The second-order valence-electron chi connectivity index (χ2n) is 5.42. The third-order valence-corrected chi connectivity index (χ3v) is 2.79. The molecule has 0 radical (unpaired) electrons. The third kappa shape index (κ3) is 3.65. The molecular formula is C11H23NO. The van der Waals surface area contributed by atoms with Gasteiger partial charge in [-0.1, -0.05) is 27.2 Å². The van der Waals surface area contributed by atoms with Crippen molar-refractivity contribution in [1.82, 2.24) is 5.32 Å². The summed E-state index contributed by atoms with van der Waals surface area (Å²) in [4.78, 5) is 0. The van der Waals surface area contributed by atoms with Crippen LogP contribution in [0.25, 0.3) is 0 Å². The van der Waals surface area contributed by atoms with Gasteiger partial charge in [0, 0.05) is 19.2 Å². The lowest BCUT2D eigenvalue weighted by Crippen LogP contribution is -2.39. The standard InChI is InChI=1S/C11H23NO/c1-11(2,3)8-12-10-6-4-5-9(10)7-13/h9-10,12-13H,4-8H2,1-3H3. The van der Waals surface area contributed by atoms with Gasteiger partial charge in [-0.3, -0.25) is 0 Å². The summed E-state index contributed by atoms with van der Waals surface area (Å²) in [5.74, 6) is 0.502. The molecule has 13 heavy (non-hydrogen) atoms. The SMILES string of the molecule is CC(C)(C)CNC1CCCC1CO. The zero-order valence-electron chi connectivity index (χ0n) is 9.14. The van der Waals surface area contributed by atoms with Gasteiger partial charge in [0.2, 0.25) is 0 Å². The van der Waals surface area contributed by atoms with Crippen LogP contribution in [0.15, 0.2) is 0 Å². The van der Waals surface area contributed by atoms with Crippen molar-refractivity contribution in [2.45, 2.75) is 46.1 Å². The molecule has 2 atom stereocenters. The smallest absolute Gasteiger partial charge is 0.0474 e. The highest BCUT2D eigenvalue weighted by atomic mass is 16.3. The molecule has 2 heteroatoms. The van der Waals surface area contributed by atoms with Crippen LogP contribution in [0, 0.1) is 11.3 Å². The molecule has 0 aromatic carbocycles. The van der Waals surface area contributed by atoms with Gasteiger partial charge in [-0.2, -0.15) is 0 Å². The summed E-state index contributed by atoms with van der Waals surface area (Å²) in [6.07, 6.45) is 3.70. The first kappa shape index (κ1) is 11.0. The van der Waals surface area contributed by atoms with Crippen LogP contribution in [0.4, 0.5) is 0 Å². The Morgan fingerprint density at radius 3 is 2.54 bits per heavy atom. The van der Waals surface area contributed by atoms with Crippen molar-refractivity contribution in [1.29, 1.82) is 0 Å². The van der Waals surface area contributed by atoms with Crippen LogP contribution >= 0.6 is 0 Å². The van der Waals surface area contributed by atoms with E-state index in [0.717, 1.165) is 6.54 Å². The fourth-order valence-corrected chi connectivity index (χ4v) is 1.96. The normalized spacial score (nSPS) is 29.5. The van der Waals surface area contributed by atoms with Crippen molar-refractivity contribution in [2.75, 3.05) is 13.2 Å². The van der Waals surface area contributed by atoms with Crippen LogP contribution in [-0.4, -0.2) is 24.3 Å². The van der Waals surface area contributed by atoms with Gasteiger partial charge in [0.25, 0.3) is 0 Å². The van der Waals surface area contributed by atoms with E-state index in [1.54, 1.807) is 0 Å². The molecule has 78 valence electrons. The number of nitrogens with one attached hydrogen (secondary N) is 1. The number of hydrogen-bond acceptors (Lipinski definition) is 2. The van der Waals surface area contributed by atoms with Gasteiger partial charge in [0.15, 0.2) is 0 Å². The first-order valence-electron chi connectivity index (χ1n) is 5.37. The number of aliphatic hydroxyl groups excluding tert-OH is 1. The summed E-state index contributed by atoms with van der Waals surface area (Å²) in [6.45, 7) is 8.12. The van der Waals surface area contributed by atoms with Crippen molar-refractivity contribution < 1.29 is 5.11 Å². The molecular weight excluding hydrogens is 162 g/mol. The van der Waals surface area contributed by atoms with E-state index in [1.807, 2.05) is 0 Å². The molecule has 2 N–H and O–H groups in total. The number of rotatable bonds is 3. The maximum absolute atomic E-state index is 9.13. The first-order valence-corrected chi connectivity index (χ1v) is 5.37. The molecule has 0 amide bonds. The van der Waals surface area contributed by atoms with Gasteiger partial charge in [0.1, 0.15) is 0 Å². The largest absolute Gasteiger partial charge is 0.396 e. The molecule has 2 unspecified atom stereocenters. The van der Waals surface area contributed by atoms with E-state index in [2.05, 4.69) is 26.1 Å². The third-order valence-electron chi connectivity index (χ3n) is 2.79. The van der Waals surface area contributed by atoms with Gasteiger partial charge >= 0.3 is 0 Å². The summed E-state index contributed by atoms with van der Waals surface area (Å²) in [5.41, 5.74) is 0.350. The zero-order chi connectivity index (χ0) is 9.90. The van der Waals surface area contributed by atoms with Crippen LogP contribution in [-0.2, 0) is 0 Å². The van der Waals surface area contributed by atoms with Crippen molar-refractivity contribution in [3.05, 3.63) is 0 Å². The minimum absolute atomic E-state index is 0.349. The van der Waals surface area contributed by atoms with E-state index in [0.29, 0.717) is 24.0 Å². The predicted molar refractivity (Wildman–Crippen MR) is 55.7 cm³/mol. The highest BCUT2D eigenvalue weighted by Crippen LogP contribution is 2.25. The lowest BCUT2D eigenvalue weighted by molar-refractivity contribution is 0.198. The Labute approximate surface area is 81.7 Å². The molecule has 0 saturated heterocycles. The average Bonchev–Trinajstić information content (AvgIpc) is 2.46. The Morgan fingerprint density at radius 1 is 1.31 bits per heavy atom. The van der Waals surface area contributed by atoms with E-state index in [4.69, 9.17) is 5.11 Å². The maximum Gasteiger partial charge on any atom is 0.0474 e. The fourth-order valence-electron chi connectivity index (χ4n) is 1.96. The average molecular weight is 185 g/mol. The van der Waals surface area contributed by atoms with Gasteiger partial charge in [-0.05, 0) is 24.2 Å². The first-order chi connectivity index (χ1) is 6.03. The van der Waals surface area contributed by atoms with Gasteiger partial charge in [-0.15, -0.1) is 0 Å². The molecule has 0 bridgehead atoms. The Balaban J connectivity index is 2.28. The molecule has 1 aliphatic carbocycles. The van der Waals surface area contributed by atoms with Gasteiger partial charge in [0.05, 0.1) is 0 Å². The van der Waals surface area contributed by atoms with E-state index in [1.165, 1.54) is 19.3 Å². The minimum atomic E-state index is 0.349. The molecule has 2 nitrogen and oxygen atoms in total. The van der Waals surface area contributed by atoms with Gasteiger partial charge < -0.3 is 10.4 Å². The number of aliphatic hydroxyl groups is 1. The molecule has 1 saturated carbocycles. The second-order valence-corrected chi connectivity index (χ2v) is 5.42. The molecule has 0 aliphatic heterocycles. The Bertz CT molecular complexity index is 151. The lowest BCUT2D eigenvalue weighted by Gasteiger charge is -2.25. The van der Waals surface area contributed by atoms with Crippen molar-refractivity contribution in [3.8, 4) is 0 Å². The molecule has 0 spiro atoms. The summed E-state index contributed by atoms with van der Waals surface area (Å²) in [5, 5.41) is 12.7. The van der Waals surface area contributed by atoms with Crippen LogP contribution in [0.1, 0.15) is 40.0 Å². The summed E-state index contributed by atoms with van der Waals surface area (Å²) >= 11 is 0. The molecule has 1 fully saturated rings. The topological polar surface area (TPSA) is 32.3 Å². The van der Waals surface area contributed by atoms with E-state index < -0.39 is 0 Å². The summed E-state index contributed by atoms with van der Waals surface area (Å²) in [6, 6.07) is 0.559. The van der Waals surface area contributed by atoms with E-state index in [9.17, 15) is 0 Å². The van der Waals surface area contributed by atoms with Crippen LogP contribution < -0.4 is 5.32 Å². The molecule has 0 heterocycles. The van der Waals surface area contributed by atoms with Crippen molar-refractivity contribution >= 4 is 0 Å². The summed E-state index contributed by atoms with van der Waals surface area (Å²) in [7, 11) is 0. The van der Waals surface area contributed by atoms with Crippen molar-refractivity contribution in [2.24, 2.45) is 11.3 Å². The van der Waals surface area contributed by atoms with E-state index in [-0.39, 0.29) is 0 Å². The van der Waals surface area contributed by atoms with Gasteiger partial charge in [-0.25, -0.2) is 0 Å². The van der Waals surface area contributed by atoms with Crippen molar-refractivity contribution in [3.63, 3.8) is 0 Å². The lowest BCUT2D eigenvalue weighted by atomic mass is 9.95. The Kier molecular flexibility index (Phi) is 3.74. The van der Waals surface area contributed by atoms with E-state index >= 15 is 0 Å². The van der Waals surface area contributed by atoms with Crippen LogP contribution in [0.3, 0.4) is 0 Å². The molecule has 1 rings (SSSR count). The molecule has 0 aromatic rings. The molecule has 1 aliphatic rings.